The highest BCUT2D eigenvalue weighted by Gasteiger charge is 2.19. The van der Waals surface area contributed by atoms with Crippen molar-refractivity contribution >= 4 is 33.0 Å². The number of halogens is 1. The van der Waals surface area contributed by atoms with Crippen LogP contribution in [0.2, 0.25) is 0 Å². The Bertz CT molecular complexity index is 570. The molecule has 0 atom stereocenters. The molecular formula is C13H12BrNOS. The van der Waals surface area contributed by atoms with Crippen LogP contribution in [0.1, 0.15) is 33.6 Å². The number of hydrogen-bond acceptors (Lipinski definition) is 2. The molecule has 0 aromatic carbocycles. The second kappa shape index (κ2) is 4.42. The maximum absolute atomic E-state index is 11.7. The van der Waals surface area contributed by atoms with Gasteiger partial charge < -0.3 is 4.57 Å². The molecule has 2 aromatic heterocycles. The molecule has 17 heavy (non-hydrogen) atoms. The molecule has 2 heterocycles. The summed E-state index contributed by atoms with van der Waals surface area (Å²) in [5.74, 6) is 0.301. The van der Waals surface area contributed by atoms with Crippen LogP contribution in [0.3, 0.4) is 0 Å². The van der Waals surface area contributed by atoms with Gasteiger partial charge in [0.25, 0.3) is 0 Å². The Labute approximate surface area is 112 Å². The summed E-state index contributed by atoms with van der Waals surface area (Å²) in [6, 6.07) is 2.06. The monoisotopic (exact) mass is 309 g/mol. The number of carbonyl (C=O) groups excluding carboxylic acids is 1. The van der Waals surface area contributed by atoms with E-state index >= 15 is 0 Å². The van der Waals surface area contributed by atoms with Crippen LogP contribution in [0.4, 0.5) is 0 Å². The van der Waals surface area contributed by atoms with Crippen molar-refractivity contribution in [1.29, 1.82) is 0 Å². The van der Waals surface area contributed by atoms with Crippen molar-refractivity contribution in [2.24, 2.45) is 0 Å². The Balaban J connectivity index is 1.90. The van der Waals surface area contributed by atoms with Gasteiger partial charge in [-0.15, -0.1) is 11.3 Å². The van der Waals surface area contributed by atoms with Gasteiger partial charge in [0.2, 0.25) is 0 Å². The second-order valence-electron chi connectivity index (χ2n) is 4.34. The molecule has 0 saturated carbocycles. The van der Waals surface area contributed by atoms with E-state index in [1.807, 2.05) is 6.20 Å². The van der Waals surface area contributed by atoms with Crippen LogP contribution in [0.25, 0.3) is 0 Å². The third-order valence-electron chi connectivity index (χ3n) is 3.13. The number of carbonyl (C=O) groups is 1. The first-order chi connectivity index (χ1) is 8.24. The van der Waals surface area contributed by atoms with E-state index in [0.717, 1.165) is 29.4 Å². The smallest absolute Gasteiger partial charge is 0.164 e. The first-order valence-electron chi connectivity index (χ1n) is 5.68. The van der Waals surface area contributed by atoms with E-state index in [9.17, 15) is 4.79 Å². The molecule has 1 aliphatic carbocycles. The molecule has 4 heteroatoms. The third kappa shape index (κ3) is 2.11. The van der Waals surface area contributed by atoms with E-state index in [1.165, 1.54) is 10.4 Å². The highest BCUT2D eigenvalue weighted by Crippen LogP contribution is 2.26. The molecule has 2 aromatic rings. The number of Topliss-reactive ketones (excluding diaryl/α,β-unsaturated/α-hetero) is 1. The molecule has 0 radical (unpaired) electrons. The Morgan fingerprint density at radius 3 is 2.94 bits per heavy atom. The molecular weight excluding hydrogens is 298 g/mol. The zero-order chi connectivity index (χ0) is 11.8. The van der Waals surface area contributed by atoms with Crippen LogP contribution in [0.5, 0.6) is 0 Å². The number of thiophene rings is 1. The van der Waals surface area contributed by atoms with Gasteiger partial charge in [0, 0.05) is 33.7 Å². The molecule has 0 N–H and O–H groups in total. The molecule has 1 aliphatic rings. The second-order valence-corrected chi connectivity index (χ2v) is 6.19. The first-order valence-corrected chi connectivity index (χ1v) is 7.35. The number of ketones is 1. The van der Waals surface area contributed by atoms with Crippen LogP contribution in [0, 0.1) is 0 Å². The predicted octanol–water partition coefficient (Wildman–Crippen LogP) is 3.88. The SMILES string of the molecule is O=C1CCCc2cn(Cc3sccc3Br)cc21. The fourth-order valence-corrected chi connectivity index (χ4v) is 3.76. The lowest BCUT2D eigenvalue weighted by molar-refractivity contribution is 0.0973. The zero-order valence-corrected chi connectivity index (χ0v) is 11.7. The predicted molar refractivity (Wildman–Crippen MR) is 72.8 cm³/mol. The van der Waals surface area contributed by atoms with Gasteiger partial charge in [-0.25, -0.2) is 0 Å². The Morgan fingerprint density at radius 2 is 2.24 bits per heavy atom. The van der Waals surface area contributed by atoms with Gasteiger partial charge in [-0.05, 0) is 45.8 Å². The van der Waals surface area contributed by atoms with Crippen molar-refractivity contribution < 1.29 is 4.79 Å². The lowest BCUT2D eigenvalue weighted by Crippen LogP contribution is -2.07. The van der Waals surface area contributed by atoms with Gasteiger partial charge in [-0.2, -0.15) is 0 Å². The van der Waals surface area contributed by atoms with Crippen molar-refractivity contribution in [2.75, 3.05) is 0 Å². The summed E-state index contributed by atoms with van der Waals surface area (Å²) < 4.78 is 3.28. The number of aromatic nitrogens is 1. The molecule has 0 amide bonds. The van der Waals surface area contributed by atoms with E-state index in [2.05, 4.69) is 38.1 Å². The highest BCUT2D eigenvalue weighted by molar-refractivity contribution is 9.10. The normalized spacial score (nSPS) is 15.0. The lowest BCUT2D eigenvalue weighted by atomic mass is 9.95. The molecule has 3 rings (SSSR count). The quantitative estimate of drug-likeness (QED) is 0.825. The van der Waals surface area contributed by atoms with Crippen LogP contribution in [-0.2, 0) is 13.0 Å². The van der Waals surface area contributed by atoms with E-state index in [1.54, 1.807) is 11.3 Å². The number of rotatable bonds is 2. The van der Waals surface area contributed by atoms with Gasteiger partial charge in [-0.1, -0.05) is 0 Å². The average molecular weight is 310 g/mol. The van der Waals surface area contributed by atoms with Crippen LogP contribution in [0.15, 0.2) is 28.3 Å². The van der Waals surface area contributed by atoms with Crippen molar-refractivity contribution in [2.45, 2.75) is 25.8 Å². The Hall–Kier alpha value is -0.870. The zero-order valence-electron chi connectivity index (χ0n) is 9.28. The molecule has 0 bridgehead atoms. The van der Waals surface area contributed by atoms with E-state index in [-0.39, 0.29) is 0 Å². The summed E-state index contributed by atoms with van der Waals surface area (Å²) in [5, 5.41) is 2.08. The van der Waals surface area contributed by atoms with Gasteiger partial charge >= 0.3 is 0 Å². The maximum Gasteiger partial charge on any atom is 0.164 e. The molecule has 88 valence electrons. The summed E-state index contributed by atoms with van der Waals surface area (Å²) in [6.07, 6.45) is 6.87. The molecule has 0 fully saturated rings. The van der Waals surface area contributed by atoms with E-state index < -0.39 is 0 Å². The largest absolute Gasteiger partial charge is 0.348 e. The number of fused-ring (bicyclic) bond motifs is 1. The van der Waals surface area contributed by atoms with E-state index in [4.69, 9.17) is 0 Å². The van der Waals surface area contributed by atoms with Crippen LogP contribution >= 0.6 is 27.3 Å². The summed E-state index contributed by atoms with van der Waals surface area (Å²) in [4.78, 5) is 13.0. The molecule has 0 spiro atoms. The lowest BCUT2D eigenvalue weighted by Gasteiger charge is -2.07. The van der Waals surface area contributed by atoms with Gasteiger partial charge in [0.05, 0.1) is 6.54 Å². The topological polar surface area (TPSA) is 22.0 Å². The number of hydrogen-bond donors (Lipinski definition) is 0. The van der Waals surface area contributed by atoms with Crippen LogP contribution < -0.4 is 0 Å². The summed E-state index contributed by atoms with van der Waals surface area (Å²) in [7, 11) is 0. The average Bonchev–Trinajstić information content (AvgIpc) is 2.87. The summed E-state index contributed by atoms with van der Waals surface area (Å²) in [6.45, 7) is 0.846. The van der Waals surface area contributed by atoms with Gasteiger partial charge in [0.15, 0.2) is 5.78 Å². The Kier molecular flexibility index (Phi) is 2.92. The summed E-state index contributed by atoms with van der Waals surface area (Å²) >= 11 is 5.28. The van der Waals surface area contributed by atoms with Crippen molar-refractivity contribution in [3.8, 4) is 0 Å². The van der Waals surface area contributed by atoms with Gasteiger partial charge in [0.1, 0.15) is 0 Å². The fraction of sp³-hybridized carbons (Fsp3) is 0.308. The molecule has 0 unspecified atom stereocenters. The molecule has 0 aliphatic heterocycles. The minimum atomic E-state index is 0.301. The van der Waals surface area contributed by atoms with Crippen molar-refractivity contribution in [3.05, 3.63) is 44.3 Å². The highest BCUT2D eigenvalue weighted by atomic mass is 79.9. The summed E-state index contributed by atoms with van der Waals surface area (Å²) in [5.41, 5.74) is 2.15. The number of aryl methyl sites for hydroxylation is 1. The van der Waals surface area contributed by atoms with Crippen molar-refractivity contribution in [1.82, 2.24) is 4.57 Å². The van der Waals surface area contributed by atoms with E-state index in [0.29, 0.717) is 12.2 Å². The first kappa shape index (κ1) is 11.2. The van der Waals surface area contributed by atoms with Crippen molar-refractivity contribution in [3.63, 3.8) is 0 Å². The minimum Gasteiger partial charge on any atom is -0.348 e. The number of nitrogens with zero attached hydrogens (tertiary/aromatic N) is 1. The Morgan fingerprint density at radius 1 is 1.35 bits per heavy atom. The third-order valence-corrected chi connectivity index (χ3v) is 5.04. The van der Waals surface area contributed by atoms with Gasteiger partial charge in [-0.3, -0.25) is 4.79 Å². The maximum atomic E-state index is 11.7. The fourth-order valence-electron chi connectivity index (χ4n) is 2.28. The minimum absolute atomic E-state index is 0.301. The molecule has 2 nitrogen and oxygen atoms in total. The standard InChI is InChI=1S/C13H12BrNOS/c14-11-4-5-17-13(11)8-15-6-9-2-1-3-12(16)10(9)7-15/h4-7H,1-3,8H2. The molecule has 0 saturated heterocycles. The van der Waals surface area contributed by atoms with Crippen LogP contribution in [-0.4, -0.2) is 10.4 Å².